The predicted molar refractivity (Wildman–Crippen MR) is 57.2 cm³/mol. The predicted octanol–water partition coefficient (Wildman–Crippen LogP) is 0.979. The van der Waals surface area contributed by atoms with E-state index in [1.165, 1.54) is 25.9 Å². The van der Waals surface area contributed by atoms with Crippen molar-refractivity contribution in [2.45, 2.75) is 44.2 Å². The topological polar surface area (TPSA) is 38.5 Å². The molecule has 0 aromatic carbocycles. The zero-order chi connectivity index (χ0) is 10.0. The minimum Gasteiger partial charge on any atom is -0.378 e. The van der Waals surface area contributed by atoms with Crippen molar-refractivity contribution in [1.82, 2.24) is 4.90 Å². The Morgan fingerprint density at radius 1 is 1.43 bits per heavy atom. The molecule has 3 heteroatoms. The van der Waals surface area contributed by atoms with Gasteiger partial charge in [-0.15, -0.1) is 0 Å². The van der Waals surface area contributed by atoms with Crippen molar-refractivity contribution in [3.63, 3.8) is 0 Å². The van der Waals surface area contributed by atoms with E-state index in [0.717, 1.165) is 26.0 Å². The van der Waals surface area contributed by atoms with Crippen LogP contribution in [0.2, 0.25) is 0 Å². The van der Waals surface area contributed by atoms with Crippen LogP contribution >= 0.6 is 0 Å². The Hall–Kier alpha value is -0.120. The van der Waals surface area contributed by atoms with E-state index in [4.69, 9.17) is 10.5 Å². The summed E-state index contributed by atoms with van der Waals surface area (Å²) < 4.78 is 5.61. The third-order valence-electron chi connectivity index (χ3n) is 3.79. The third kappa shape index (κ3) is 1.81. The van der Waals surface area contributed by atoms with Gasteiger partial charge < -0.3 is 10.5 Å². The normalized spacial score (nSPS) is 40.3. The molecule has 0 aromatic heterocycles. The lowest BCUT2D eigenvalue weighted by Gasteiger charge is -2.45. The summed E-state index contributed by atoms with van der Waals surface area (Å²) in [6.45, 7) is 6.32. The van der Waals surface area contributed by atoms with Crippen molar-refractivity contribution in [2.75, 3.05) is 26.2 Å². The summed E-state index contributed by atoms with van der Waals surface area (Å²) in [6.07, 6.45) is 5.30. The van der Waals surface area contributed by atoms with Crippen molar-refractivity contribution in [3.8, 4) is 0 Å². The van der Waals surface area contributed by atoms with Gasteiger partial charge in [-0.2, -0.15) is 0 Å². The van der Waals surface area contributed by atoms with E-state index in [1.54, 1.807) is 0 Å². The Balaban J connectivity index is 2.06. The molecule has 0 spiro atoms. The Morgan fingerprint density at radius 2 is 2.14 bits per heavy atom. The Bertz CT molecular complexity index is 192. The van der Waals surface area contributed by atoms with E-state index in [9.17, 15) is 0 Å². The molecule has 14 heavy (non-hydrogen) atoms. The molecule has 2 heterocycles. The van der Waals surface area contributed by atoms with Gasteiger partial charge in [0.2, 0.25) is 0 Å². The third-order valence-corrected chi connectivity index (χ3v) is 3.79. The first-order chi connectivity index (χ1) is 6.77. The molecule has 2 rings (SSSR count). The first kappa shape index (κ1) is 10.4. The number of hydrogen-bond donors (Lipinski definition) is 1. The second-order valence-corrected chi connectivity index (χ2v) is 4.76. The molecular weight excluding hydrogens is 176 g/mol. The molecule has 0 saturated carbocycles. The summed E-state index contributed by atoms with van der Waals surface area (Å²) in [5, 5.41) is 0. The molecule has 0 aromatic rings. The molecule has 2 fully saturated rings. The number of hydrogen-bond acceptors (Lipinski definition) is 3. The lowest BCUT2D eigenvalue weighted by atomic mass is 9.85. The van der Waals surface area contributed by atoms with Crippen molar-refractivity contribution in [2.24, 2.45) is 5.73 Å². The lowest BCUT2D eigenvalue weighted by molar-refractivity contribution is -0.0567. The van der Waals surface area contributed by atoms with Crippen LogP contribution in [0.5, 0.6) is 0 Å². The molecular formula is C11H22N2O. The number of nitrogens with two attached hydrogens (primary N) is 1. The highest BCUT2D eigenvalue weighted by atomic mass is 16.5. The fourth-order valence-electron chi connectivity index (χ4n) is 2.94. The van der Waals surface area contributed by atoms with Crippen LogP contribution in [0.4, 0.5) is 0 Å². The van der Waals surface area contributed by atoms with Crippen LogP contribution in [0.25, 0.3) is 0 Å². The van der Waals surface area contributed by atoms with E-state index < -0.39 is 0 Å². The molecule has 0 amide bonds. The zero-order valence-corrected chi connectivity index (χ0v) is 9.17. The summed E-state index contributed by atoms with van der Waals surface area (Å²) in [5.74, 6) is 0. The average Bonchev–Trinajstić information content (AvgIpc) is 2.71. The lowest BCUT2D eigenvalue weighted by Crippen LogP contribution is -2.57. The summed E-state index contributed by atoms with van der Waals surface area (Å²) in [7, 11) is 0. The van der Waals surface area contributed by atoms with Crippen LogP contribution in [-0.2, 0) is 4.74 Å². The van der Waals surface area contributed by atoms with Crippen LogP contribution in [0, 0.1) is 0 Å². The van der Waals surface area contributed by atoms with Gasteiger partial charge in [0.1, 0.15) is 0 Å². The number of rotatable bonds is 2. The van der Waals surface area contributed by atoms with Crippen LogP contribution in [0.15, 0.2) is 0 Å². The van der Waals surface area contributed by atoms with Gasteiger partial charge in [0.05, 0.1) is 6.10 Å². The molecule has 0 bridgehead atoms. The largest absolute Gasteiger partial charge is 0.378 e. The molecule has 0 radical (unpaired) electrons. The molecule has 2 atom stereocenters. The second kappa shape index (κ2) is 4.17. The second-order valence-electron chi connectivity index (χ2n) is 4.76. The maximum Gasteiger partial charge on any atom is 0.0565 e. The number of likely N-dealkylation sites (tertiary alicyclic amines) is 1. The van der Waals surface area contributed by atoms with Gasteiger partial charge in [0.25, 0.3) is 0 Å². The van der Waals surface area contributed by atoms with Crippen LogP contribution < -0.4 is 5.73 Å². The average molecular weight is 198 g/mol. The monoisotopic (exact) mass is 198 g/mol. The van der Waals surface area contributed by atoms with Crippen molar-refractivity contribution >= 4 is 0 Å². The molecule has 82 valence electrons. The fraction of sp³-hybridized carbons (Fsp3) is 1.00. The van der Waals surface area contributed by atoms with Gasteiger partial charge in [-0.05, 0) is 45.7 Å². The van der Waals surface area contributed by atoms with E-state index in [0.29, 0.717) is 6.10 Å². The molecule has 2 aliphatic heterocycles. The van der Waals surface area contributed by atoms with Crippen LogP contribution in [0.3, 0.4) is 0 Å². The standard InChI is InChI=1S/C11H22N2O/c1-10-8-11(9-12,4-7-14-10)13-5-2-3-6-13/h10H,2-9,12H2,1H3. The molecule has 2 N–H and O–H groups in total. The first-order valence-corrected chi connectivity index (χ1v) is 5.83. The van der Waals surface area contributed by atoms with Crippen molar-refractivity contribution in [1.29, 1.82) is 0 Å². The van der Waals surface area contributed by atoms with E-state index in [2.05, 4.69) is 11.8 Å². The molecule has 0 aliphatic carbocycles. The zero-order valence-electron chi connectivity index (χ0n) is 9.17. The maximum absolute atomic E-state index is 5.98. The highest BCUT2D eigenvalue weighted by Crippen LogP contribution is 2.32. The van der Waals surface area contributed by atoms with E-state index in [-0.39, 0.29) is 5.54 Å². The van der Waals surface area contributed by atoms with Crippen LogP contribution in [-0.4, -0.2) is 42.8 Å². The van der Waals surface area contributed by atoms with Crippen LogP contribution in [0.1, 0.15) is 32.6 Å². The van der Waals surface area contributed by atoms with E-state index >= 15 is 0 Å². The number of nitrogens with zero attached hydrogens (tertiary/aromatic N) is 1. The highest BCUT2D eigenvalue weighted by molar-refractivity contribution is 4.97. The molecule has 2 saturated heterocycles. The van der Waals surface area contributed by atoms with Crippen molar-refractivity contribution < 1.29 is 4.74 Å². The molecule has 3 nitrogen and oxygen atoms in total. The summed E-state index contributed by atoms with van der Waals surface area (Å²) >= 11 is 0. The Labute approximate surface area is 86.6 Å². The summed E-state index contributed by atoms with van der Waals surface area (Å²) in [4.78, 5) is 2.60. The smallest absolute Gasteiger partial charge is 0.0565 e. The van der Waals surface area contributed by atoms with Gasteiger partial charge in [-0.3, -0.25) is 4.90 Å². The fourth-order valence-corrected chi connectivity index (χ4v) is 2.94. The number of ether oxygens (including phenoxy) is 1. The minimum absolute atomic E-state index is 0.258. The van der Waals surface area contributed by atoms with Gasteiger partial charge in [-0.25, -0.2) is 0 Å². The first-order valence-electron chi connectivity index (χ1n) is 5.83. The Kier molecular flexibility index (Phi) is 3.10. The SMILES string of the molecule is CC1CC(CN)(N2CCCC2)CCO1. The molecule has 2 aliphatic rings. The van der Waals surface area contributed by atoms with Crippen molar-refractivity contribution in [3.05, 3.63) is 0 Å². The van der Waals surface area contributed by atoms with E-state index in [1.807, 2.05) is 0 Å². The van der Waals surface area contributed by atoms with Gasteiger partial charge in [-0.1, -0.05) is 0 Å². The van der Waals surface area contributed by atoms with Gasteiger partial charge >= 0.3 is 0 Å². The maximum atomic E-state index is 5.98. The van der Waals surface area contributed by atoms with Gasteiger partial charge in [0.15, 0.2) is 0 Å². The van der Waals surface area contributed by atoms with Gasteiger partial charge in [0, 0.05) is 18.7 Å². The Morgan fingerprint density at radius 3 is 2.71 bits per heavy atom. The highest BCUT2D eigenvalue weighted by Gasteiger charge is 2.40. The minimum atomic E-state index is 0.258. The summed E-state index contributed by atoms with van der Waals surface area (Å²) in [6, 6.07) is 0. The molecule has 2 unspecified atom stereocenters. The quantitative estimate of drug-likeness (QED) is 0.719. The summed E-state index contributed by atoms with van der Waals surface area (Å²) in [5.41, 5.74) is 6.24.